The van der Waals surface area contributed by atoms with E-state index in [1.54, 1.807) is 6.07 Å². The third-order valence-electron chi connectivity index (χ3n) is 4.91. The Morgan fingerprint density at radius 2 is 2.19 bits per heavy atom. The van der Waals surface area contributed by atoms with Crippen LogP contribution in [-0.4, -0.2) is 36.7 Å². The molecule has 3 rings (SSSR count). The van der Waals surface area contributed by atoms with E-state index < -0.39 is 0 Å². The number of aryl methyl sites for hydroxylation is 1. The van der Waals surface area contributed by atoms with E-state index in [1.165, 1.54) is 12.8 Å². The van der Waals surface area contributed by atoms with E-state index in [0.29, 0.717) is 18.7 Å². The molecule has 1 aromatic carbocycles. The smallest absolute Gasteiger partial charge is 0.128 e. The fourth-order valence-corrected chi connectivity index (χ4v) is 3.87. The second kappa shape index (κ2) is 6.42. The first-order valence-corrected chi connectivity index (χ1v) is 8.04. The van der Waals surface area contributed by atoms with Crippen molar-refractivity contribution in [1.82, 2.24) is 4.90 Å². The van der Waals surface area contributed by atoms with Crippen molar-refractivity contribution in [3.63, 3.8) is 0 Å². The zero-order chi connectivity index (χ0) is 14.8. The zero-order valence-electron chi connectivity index (χ0n) is 12.7. The second-order valence-corrected chi connectivity index (χ2v) is 6.28. The number of rotatable bonds is 3. The molecule has 1 saturated heterocycles. The van der Waals surface area contributed by atoms with Crippen LogP contribution in [0.2, 0.25) is 0 Å². The number of halogens is 1. The van der Waals surface area contributed by atoms with Gasteiger partial charge in [0.2, 0.25) is 0 Å². The number of benzene rings is 1. The zero-order valence-corrected chi connectivity index (χ0v) is 12.7. The van der Waals surface area contributed by atoms with Crippen molar-refractivity contribution >= 4 is 0 Å². The molecule has 0 bridgehead atoms. The molecule has 2 N–H and O–H groups in total. The molecule has 0 amide bonds. The minimum absolute atomic E-state index is 0.0422. The van der Waals surface area contributed by atoms with Crippen molar-refractivity contribution < 1.29 is 9.13 Å². The van der Waals surface area contributed by atoms with Gasteiger partial charge in [-0.3, -0.25) is 4.90 Å². The molecule has 0 aromatic heterocycles. The quantitative estimate of drug-likeness (QED) is 0.931. The molecule has 3 atom stereocenters. The first kappa shape index (κ1) is 14.9. The number of nitrogens with zero attached hydrogens (tertiary/aromatic N) is 1. The van der Waals surface area contributed by atoms with Gasteiger partial charge >= 0.3 is 0 Å². The highest BCUT2D eigenvalue weighted by Gasteiger charge is 2.38. The summed E-state index contributed by atoms with van der Waals surface area (Å²) in [5.41, 5.74) is 7.85. The Bertz CT molecular complexity index is 492. The largest absolute Gasteiger partial charge is 0.375 e. The standard InChI is InChI=1S/C17H25FN2O/c1-12-6-7-14(18)13(10-12)16(11-19)20-8-9-21-17-5-3-2-4-15(17)20/h6-7,10,15-17H,2-5,8-9,11,19H2,1H3. The van der Waals surface area contributed by atoms with Crippen molar-refractivity contribution in [3.8, 4) is 0 Å². The van der Waals surface area contributed by atoms with Crippen LogP contribution in [0.15, 0.2) is 18.2 Å². The summed E-state index contributed by atoms with van der Waals surface area (Å²) in [6.45, 7) is 4.02. The monoisotopic (exact) mass is 292 g/mol. The fraction of sp³-hybridized carbons (Fsp3) is 0.647. The van der Waals surface area contributed by atoms with Crippen molar-refractivity contribution in [2.75, 3.05) is 19.7 Å². The number of morpholine rings is 1. The van der Waals surface area contributed by atoms with Gasteiger partial charge in [-0.25, -0.2) is 4.39 Å². The summed E-state index contributed by atoms with van der Waals surface area (Å²) in [6.07, 6.45) is 5.02. The van der Waals surface area contributed by atoms with Crippen LogP contribution in [0.5, 0.6) is 0 Å². The molecule has 3 unspecified atom stereocenters. The maximum Gasteiger partial charge on any atom is 0.128 e. The molecular weight excluding hydrogens is 267 g/mol. The van der Waals surface area contributed by atoms with Gasteiger partial charge in [-0.15, -0.1) is 0 Å². The van der Waals surface area contributed by atoms with Gasteiger partial charge in [0.05, 0.1) is 18.8 Å². The van der Waals surface area contributed by atoms with Crippen LogP contribution in [0.25, 0.3) is 0 Å². The van der Waals surface area contributed by atoms with Crippen molar-refractivity contribution in [2.24, 2.45) is 5.73 Å². The molecular formula is C17H25FN2O. The van der Waals surface area contributed by atoms with Gasteiger partial charge in [0.25, 0.3) is 0 Å². The number of nitrogens with two attached hydrogens (primary N) is 1. The molecule has 0 radical (unpaired) electrons. The van der Waals surface area contributed by atoms with E-state index in [1.807, 2.05) is 19.1 Å². The molecule has 1 aliphatic carbocycles. The molecule has 3 nitrogen and oxygen atoms in total. The van der Waals surface area contributed by atoms with Gasteiger partial charge in [-0.1, -0.05) is 30.5 Å². The van der Waals surface area contributed by atoms with Crippen LogP contribution >= 0.6 is 0 Å². The lowest BCUT2D eigenvalue weighted by atomic mass is 9.88. The van der Waals surface area contributed by atoms with E-state index in [4.69, 9.17) is 10.5 Å². The summed E-state index contributed by atoms with van der Waals surface area (Å²) < 4.78 is 20.2. The molecule has 4 heteroatoms. The molecule has 2 aliphatic rings. The number of hydrogen-bond donors (Lipinski definition) is 1. The summed E-state index contributed by atoms with van der Waals surface area (Å²) in [6, 6.07) is 5.67. The van der Waals surface area contributed by atoms with Crippen molar-refractivity contribution in [1.29, 1.82) is 0 Å². The number of ether oxygens (including phenoxy) is 1. The minimum atomic E-state index is -0.144. The van der Waals surface area contributed by atoms with Crippen LogP contribution in [0, 0.1) is 12.7 Å². The van der Waals surface area contributed by atoms with Gasteiger partial charge in [0, 0.05) is 24.7 Å². The van der Waals surface area contributed by atoms with Crippen LogP contribution in [0.3, 0.4) is 0 Å². The van der Waals surface area contributed by atoms with E-state index >= 15 is 0 Å². The summed E-state index contributed by atoms with van der Waals surface area (Å²) in [4.78, 5) is 2.39. The minimum Gasteiger partial charge on any atom is -0.375 e. The summed E-state index contributed by atoms with van der Waals surface area (Å²) in [5, 5.41) is 0. The summed E-state index contributed by atoms with van der Waals surface area (Å²) in [7, 11) is 0. The lowest BCUT2D eigenvalue weighted by molar-refractivity contribution is -0.102. The molecule has 2 fully saturated rings. The van der Waals surface area contributed by atoms with Gasteiger partial charge < -0.3 is 10.5 Å². The molecule has 21 heavy (non-hydrogen) atoms. The third-order valence-corrected chi connectivity index (χ3v) is 4.91. The van der Waals surface area contributed by atoms with Crippen LogP contribution in [-0.2, 0) is 4.74 Å². The Kier molecular flexibility index (Phi) is 4.57. The SMILES string of the molecule is Cc1ccc(F)c(C(CN)N2CCOC3CCCCC32)c1. The topological polar surface area (TPSA) is 38.5 Å². The average molecular weight is 292 g/mol. The van der Waals surface area contributed by atoms with E-state index in [9.17, 15) is 4.39 Å². The van der Waals surface area contributed by atoms with Gasteiger partial charge in [-0.05, 0) is 25.8 Å². The Labute approximate surface area is 126 Å². The summed E-state index contributed by atoms with van der Waals surface area (Å²) >= 11 is 0. The normalized spacial score (nSPS) is 28.1. The van der Waals surface area contributed by atoms with Crippen molar-refractivity contribution in [3.05, 3.63) is 35.1 Å². The molecule has 0 spiro atoms. The fourth-order valence-electron chi connectivity index (χ4n) is 3.87. The predicted molar refractivity (Wildman–Crippen MR) is 81.6 cm³/mol. The van der Waals surface area contributed by atoms with E-state index in [0.717, 1.165) is 37.1 Å². The highest BCUT2D eigenvalue weighted by Crippen LogP contribution is 2.34. The van der Waals surface area contributed by atoms with Crippen LogP contribution in [0.1, 0.15) is 42.9 Å². The Balaban J connectivity index is 1.89. The average Bonchev–Trinajstić information content (AvgIpc) is 2.51. The molecule has 1 aromatic rings. The maximum absolute atomic E-state index is 14.3. The van der Waals surface area contributed by atoms with Crippen LogP contribution < -0.4 is 5.73 Å². The number of hydrogen-bond acceptors (Lipinski definition) is 3. The first-order chi connectivity index (χ1) is 10.2. The van der Waals surface area contributed by atoms with E-state index in [2.05, 4.69) is 4.90 Å². The Morgan fingerprint density at radius 1 is 1.38 bits per heavy atom. The van der Waals surface area contributed by atoms with Crippen LogP contribution in [0.4, 0.5) is 4.39 Å². The van der Waals surface area contributed by atoms with E-state index in [-0.39, 0.29) is 11.9 Å². The maximum atomic E-state index is 14.3. The number of fused-ring (bicyclic) bond motifs is 1. The van der Waals surface area contributed by atoms with Gasteiger partial charge in [0.1, 0.15) is 5.82 Å². The molecule has 1 saturated carbocycles. The highest BCUT2D eigenvalue weighted by atomic mass is 19.1. The first-order valence-electron chi connectivity index (χ1n) is 8.04. The Hall–Kier alpha value is -0.970. The third kappa shape index (κ3) is 2.98. The highest BCUT2D eigenvalue weighted by molar-refractivity contribution is 5.27. The van der Waals surface area contributed by atoms with Crippen molar-refractivity contribution in [2.45, 2.75) is 50.8 Å². The lowest BCUT2D eigenvalue weighted by Crippen LogP contribution is -2.55. The Morgan fingerprint density at radius 3 is 3.00 bits per heavy atom. The molecule has 1 heterocycles. The van der Waals surface area contributed by atoms with Gasteiger partial charge in [0.15, 0.2) is 0 Å². The van der Waals surface area contributed by atoms with Gasteiger partial charge in [-0.2, -0.15) is 0 Å². The second-order valence-electron chi connectivity index (χ2n) is 6.28. The summed E-state index contributed by atoms with van der Waals surface area (Å²) in [5.74, 6) is -0.144. The lowest BCUT2D eigenvalue weighted by Gasteiger charge is -2.47. The predicted octanol–water partition coefficient (Wildman–Crippen LogP) is 2.78. The molecule has 1 aliphatic heterocycles. The molecule has 116 valence electrons.